The van der Waals surface area contributed by atoms with E-state index >= 15 is 4.79 Å². The molecular weight excluding hydrogens is 700 g/mol. The number of allylic oxidation sites excluding steroid dienone is 4. The van der Waals surface area contributed by atoms with Gasteiger partial charge in [-0.25, -0.2) is 0 Å². The SMILES string of the molecule is O=C1C(c2ccccc2)=CC(=O)[C@@]2(c3ccccc3)[C@@H](c3cc(Br)ccc3O)C3=CC[C@@H]4C(=O)N(c5ccc([N+](=O)[O-])cc5)C(=O)[C@@H]4[C@@H]3C[C@@H]12. The fourth-order valence-electron chi connectivity index (χ4n) is 8.95. The Hall–Kier alpha value is -5.48. The lowest BCUT2D eigenvalue weighted by molar-refractivity contribution is -0.384. The minimum Gasteiger partial charge on any atom is -0.508 e. The number of imide groups is 1. The van der Waals surface area contributed by atoms with E-state index in [0.717, 1.165) is 10.5 Å². The zero-order valence-corrected chi connectivity index (χ0v) is 28.0. The van der Waals surface area contributed by atoms with Crippen molar-refractivity contribution in [3.63, 3.8) is 0 Å². The van der Waals surface area contributed by atoms with Crippen LogP contribution in [0.5, 0.6) is 5.75 Å². The number of nitro benzene ring substituents is 1. The van der Waals surface area contributed by atoms with E-state index in [4.69, 9.17) is 0 Å². The van der Waals surface area contributed by atoms with E-state index in [1.807, 2.05) is 42.5 Å². The van der Waals surface area contributed by atoms with Crippen LogP contribution in [0.1, 0.15) is 35.4 Å². The van der Waals surface area contributed by atoms with Crippen molar-refractivity contribution in [2.24, 2.45) is 23.7 Å². The van der Waals surface area contributed by atoms with Crippen LogP contribution >= 0.6 is 15.9 Å². The monoisotopic (exact) mass is 728 g/mol. The summed E-state index contributed by atoms with van der Waals surface area (Å²) in [6.45, 7) is 0. The van der Waals surface area contributed by atoms with Crippen LogP contribution in [0.4, 0.5) is 11.4 Å². The highest BCUT2D eigenvalue weighted by atomic mass is 79.9. The molecule has 0 spiro atoms. The first kappa shape index (κ1) is 31.8. The third-order valence-electron chi connectivity index (χ3n) is 11.0. The lowest BCUT2D eigenvalue weighted by Crippen LogP contribution is -2.58. The number of aromatic hydroxyl groups is 1. The van der Waals surface area contributed by atoms with Crippen LogP contribution in [0.25, 0.3) is 5.57 Å². The molecule has 2 fully saturated rings. The number of carbonyl (C=O) groups is 4. The Morgan fingerprint density at radius 1 is 0.840 bits per heavy atom. The van der Waals surface area contributed by atoms with E-state index in [0.29, 0.717) is 21.2 Å². The number of nitrogens with zero attached hydrogens (tertiary/aromatic N) is 2. The number of anilines is 1. The van der Waals surface area contributed by atoms with Crippen LogP contribution in [-0.4, -0.2) is 33.4 Å². The van der Waals surface area contributed by atoms with E-state index in [2.05, 4.69) is 15.9 Å². The maximum atomic E-state index is 15.1. The Balaban J connectivity index is 1.34. The number of fused-ring (bicyclic) bond motifs is 4. The van der Waals surface area contributed by atoms with Crippen molar-refractivity contribution < 1.29 is 29.2 Å². The predicted octanol–water partition coefficient (Wildman–Crippen LogP) is 7.09. The van der Waals surface area contributed by atoms with Gasteiger partial charge < -0.3 is 5.11 Å². The topological polar surface area (TPSA) is 135 Å². The summed E-state index contributed by atoms with van der Waals surface area (Å²) in [6, 6.07) is 28.5. The molecule has 4 aliphatic rings. The molecular formula is C40H29BrN2O7. The fraction of sp³-hybridized carbons (Fsp3) is 0.200. The van der Waals surface area contributed by atoms with Crippen molar-refractivity contribution >= 4 is 56.3 Å². The van der Waals surface area contributed by atoms with Crippen LogP contribution in [0, 0.1) is 33.8 Å². The summed E-state index contributed by atoms with van der Waals surface area (Å²) in [5.74, 6) is -5.46. The summed E-state index contributed by atoms with van der Waals surface area (Å²) in [5, 5.41) is 22.8. The van der Waals surface area contributed by atoms with Crippen molar-refractivity contribution in [1.29, 1.82) is 0 Å². The number of non-ortho nitro benzene ring substituents is 1. The van der Waals surface area contributed by atoms with Gasteiger partial charge in [-0.2, -0.15) is 0 Å². The average Bonchev–Trinajstić information content (AvgIpc) is 3.39. The number of carbonyl (C=O) groups excluding carboxylic acids is 4. The first-order valence-corrected chi connectivity index (χ1v) is 17.1. The lowest BCUT2D eigenvalue weighted by Gasteiger charge is -2.55. The first-order chi connectivity index (χ1) is 24.1. The maximum Gasteiger partial charge on any atom is 0.269 e. The van der Waals surface area contributed by atoms with Gasteiger partial charge in [0.1, 0.15) is 5.75 Å². The third kappa shape index (κ3) is 4.58. The van der Waals surface area contributed by atoms with Gasteiger partial charge in [0.25, 0.3) is 5.69 Å². The molecule has 0 radical (unpaired) electrons. The standard InChI is InChI=1S/C40H29BrN2O7/c41-24-11-18-33(44)31(19-24)36-27-16-17-28-35(39(48)42(38(28)47)25-12-14-26(15-13-25)43(49)50)30(27)20-32-37(46)29(22-7-3-1-4-8-22)21-34(45)40(32,36)23-9-5-2-6-10-23/h1-16,18-19,21,28,30,32,35-36,44H,17,20H2/t28-,30+,32-,35-,36+,40-/m0/s1. The number of Topliss-reactive ketones (excluding diaryl/α,β-unsaturated/α-hetero) is 1. The normalized spacial score (nSPS) is 27.2. The second-order valence-corrected chi connectivity index (χ2v) is 14.2. The molecule has 4 aromatic rings. The van der Waals surface area contributed by atoms with Crippen LogP contribution in [0.2, 0.25) is 0 Å². The molecule has 10 heteroatoms. The Morgan fingerprint density at radius 2 is 1.52 bits per heavy atom. The number of amides is 2. The molecule has 0 aromatic heterocycles. The van der Waals surface area contributed by atoms with Crippen LogP contribution in [-0.2, 0) is 24.6 Å². The minimum absolute atomic E-state index is 0.0599. The molecule has 1 N–H and O–H groups in total. The molecule has 248 valence electrons. The molecule has 9 nitrogen and oxygen atoms in total. The smallest absolute Gasteiger partial charge is 0.269 e. The zero-order valence-electron chi connectivity index (χ0n) is 26.4. The fourth-order valence-corrected chi connectivity index (χ4v) is 9.33. The predicted molar refractivity (Wildman–Crippen MR) is 188 cm³/mol. The maximum absolute atomic E-state index is 15.1. The van der Waals surface area contributed by atoms with Gasteiger partial charge >= 0.3 is 0 Å². The van der Waals surface area contributed by atoms with Crippen molar-refractivity contribution in [3.05, 3.63) is 152 Å². The summed E-state index contributed by atoms with van der Waals surface area (Å²) in [7, 11) is 0. The van der Waals surface area contributed by atoms with E-state index in [1.165, 1.54) is 30.3 Å². The number of phenolic OH excluding ortho intramolecular Hbond substituents is 1. The average molecular weight is 730 g/mol. The van der Waals surface area contributed by atoms with E-state index < -0.39 is 51.7 Å². The number of halogens is 1. The number of hydrogen-bond acceptors (Lipinski definition) is 7. The van der Waals surface area contributed by atoms with E-state index in [9.17, 15) is 29.6 Å². The molecule has 1 saturated heterocycles. The molecule has 3 aliphatic carbocycles. The van der Waals surface area contributed by atoms with E-state index in [1.54, 1.807) is 42.5 Å². The number of hydrogen-bond donors (Lipinski definition) is 1. The van der Waals surface area contributed by atoms with Gasteiger partial charge in [0.05, 0.1) is 27.9 Å². The number of rotatable bonds is 5. The van der Waals surface area contributed by atoms with Gasteiger partial charge in [0, 0.05) is 39.6 Å². The van der Waals surface area contributed by atoms with Gasteiger partial charge in [-0.15, -0.1) is 0 Å². The molecule has 1 saturated carbocycles. The Kier molecular flexibility index (Phi) is 7.52. The Bertz CT molecular complexity index is 2180. The third-order valence-corrected chi connectivity index (χ3v) is 11.5. The molecule has 8 rings (SSSR count). The van der Waals surface area contributed by atoms with Crippen molar-refractivity contribution in [2.45, 2.75) is 24.2 Å². The van der Waals surface area contributed by atoms with Gasteiger partial charge in [-0.05, 0) is 66.3 Å². The summed E-state index contributed by atoms with van der Waals surface area (Å²) < 4.78 is 0.660. The molecule has 0 bridgehead atoms. The highest BCUT2D eigenvalue weighted by molar-refractivity contribution is 9.10. The van der Waals surface area contributed by atoms with Crippen molar-refractivity contribution in [1.82, 2.24) is 0 Å². The molecule has 1 aliphatic heterocycles. The molecule has 0 unspecified atom stereocenters. The summed E-state index contributed by atoms with van der Waals surface area (Å²) in [4.78, 5) is 70.3. The Labute approximate surface area is 295 Å². The van der Waals surface area contributed by atoms with Gasteiger partial charge in [0.15, 0.2) is 11.6 Å². The number of ketones is 2. The largest absolute Gasteiger partial charge is 0.508 e. The van der Waals surface area contributed by atoms with Gasteiger partial charge in [0.2, 0.25) is 11.8 Å². The summed E-state index contributed by atoms with van der Waals surface area (Å²) in [6.07, 6.45) is 3.69. The number of benzene rings is 4. The summed E-state index contributed by atoms with van der Waals surface area (Å²) in [5.41, 5.74) is 1.27. The van der Waals surface area contributed by atoms with Crippen LogP contribution < -0.4 is 4.90 Å². The van der Waals surface area contributed by atoms with E-state index in [-0.39, 0.29) is 47.1 Å². The van der Waals surface area contributed by atoms with Crippen molar-refractivity contribution in [2.75, 3.05) is 4.90 Å². The Morgan fingerprint density at radius 3 is 2.20 bits per heavy atom. The van der Waals surface area contributed by atoms with Gasteiger partial charge in [-0.1, -0.05) is 88.2 Å². The van der Waals surface area contributed by atoms with Crippen LogP contribution in [0.3, 0.4) is 0 Å². The zero-order chi connectivity index (χ0) is 34.9. The molecule has 6 atom stereocenters. The van der Waals surface area contributed by atoms with Crippen LogP contribution in [0.15, 0.2) is 125 Å². The molecule has 2 amide bonds. The summed E-state index contributed by atoms with van der Waals surface area (Å²) >= 11 is 3.55. The molecule has 1 heterocycles. The second-order valence-electron chi connectivity index (χ2n) is 13.3. The minimum atomic E-state index is -1.46. The lowest BCUT2D eigenvalue weighted by atomic mass is 9.44. The van der Waals surface area contributed by atoms with Crippen molar-refractivity contribution in [3.8, 4) is 5.75 Å². The quantitative estimate of drug-likeness (QED) is 0.100. The highest BCUT2D eigenvalue weighted by Gasteiger charge is 2.66. The molecule has 4 aromatic carbocycles. The van der Waals surface area contributed by atoms with Gasteiger partial charge in [-0.3, -0.25) is 34.2 Å². The number of nitro groups is 1. The highest BCUT2D eigenvalue weighted by Crippen LogP contribution is 2.64. The first-order valence-electron chi connectivity index (χ1n) is 16.3. The number of phenols is 1. The molecule has 50 heavy (non-hydrogen) atoms. The second kappa shape index (κ2) is 11.8.